The van der Waals surface area contributed by atoms with E-state index >= 15 is 0 Å². The van der Waals surface area contributed by atoms with Crippen LogP contribution in [-0.4, -0.2) is 112 Å². The minimum Gasteiger partial charge on any atom is -0.462 e. The van der Waals surface area contributed by atoms with E-state index in [0.717, 1.165) is 70.6 Å². The second-order valence-corrected chi connectivity index (χ2v) is 22.9. The van der Waals surface area contributed by atoms with Crippen molar-refractivity contribution in [3.63, 3.8) is 0 Å². The quantitative estimate of drug-likeness (QED) is 0.0117. The highest BCUT2D eigenvalue weighted by Gasteiger charge is 2.59. The molecular weight excluding hydrogens is 1030 g/mol. The van der Waals surface area contributed by atoms with Crippen molar-refractivity contribution in [2.24, 2.45) is 0 Å². The summed E-state index contributed by atoms with van der Waals surface area (Å²) in [6.45, 7) is 2.74. The van der Waals surface area contributed by atoms with Crippen LogP contribution in [0.3, 0.4) is 0 Å². The summed E-state index contributed by atoms with van der Waals surface area (Å²) in [6.07, 6.45) is 18.1. The van der Waals surface area contributed by atoms with Crippen LogP contribution in [0.25, 0.3) is 0 Å². The minimum atomic E-state index is -5.79. The van der Waals surface area contributed by atoms with Crippen LogP contribution in [0.5, 0.6) is 0 Å². The van der Waals surface area contributed by atoms with Gasteiger partial charge >= 0.3 is 43.2 Å². The van der Waals surface area contributed by atoms with Crippen molar-refractivity contribution in [2.75, 3.05) is 13.2 Å². The van der Waals surface area contributed by atoms with Crippen LogP contribution >= 0.6 is 31.3 Å². The topological polar surface area (TPSA) is 384 Å². The van der Waals surface area contributed by atoms with Crippen molar-refractivity contribution < 1.29 is 104 Å². The molecule has 0 aromatic rings. The lowest BCUT2D eigenvalue weighted by Crippen LogP contribution is -2.65. The molecule has 1 rings (SSSR count). The largest absolute Gasteiger partial charge is 0.472 e. The van der Waals surface area contributed by atoms with Gasteiger partial charge in [0.1, 0.15) is 43.2 Å². The summed E-state index contributed by atoms with van der Waals surface area (Å²) >= 11 is 0. The number of carbonyl (C=O) groups excluding carboxylic acids is 2. The maximum absolute atomic E-state index is 13.3. The number of phosphoric ester groups is 4. The lowest BCUT2D eigenvalue weighted by molar-refractivity contribution is -0.209. The summed E-state index contributed by atoms with van der Waals surface area (Å²) in [5.41, 5.74) is 0. The second-order valence-electron chi connectivity index (χ2n) is 18.0. The summed E-state index contributed by atoms with van der Waals surface area (Å²) in [7, 11) is -23.0. The van der Waals surface area contributed by atoms with Gasteiger partial charge in [0, 0.05) is 12.8 Å². The number of hydrogen-bond acceptors (Lipinski definition) is 16. The van der Waals surface area contributed by atoms with Crippen LogP contribution in [0.15, 0.2) is 24.3 Å². The van der Waals surface area contributed by atoms with Crippen molar-refractivity contribution in [2.45, 2.75) is 236 Å². The third-order valence-corrected chi connectivity index (χ3v) is 14.0. The Hall–Kier alpha value is -1.26. The molecule has 3 unspecified atom stereocenters. The number of esters is 2. The van der Waals surface area contributed by atoms with Gasteiger partial charge in [-0.15, -0.1) is 0 Å². The summed E-state index contributed by atoms with van der Waals surface area (Å²) in [4.78, 5) is 92.9. The van der Waals surface area contributed by atoms with Gasteiger partial charge in [0.25, 0.3) is 0 Å². The molecule has 8 atom stereocenters. The third kappa shape index (κ3) is 37.5. The van der Waals surface area contributed by atoms with Crippen LogP contribution in [-0.2, 0) is 59.9 Å². The fraction of sp³-hybridized carbons (Fsp3) is 0.867. The predicted molar refractivity (Wildman–Crippen MR) is 268 cm³/mol. The molecule has 1 saturated carbocycles. The number of phosphoric acid groups is 4. The molecule has 27 heteroatoms. The first-order valence-corrected chi connectivity index (χ1v) is 31.5. The zero-order chi connectivity index (χ0) is 53.2. The molecular formula is C45H89NO22P4. The third-order valence-electron chi connectivity index (χ3n) is 11.5. The number of aliphatic hydroxyl groups is 2. The van der Waals surface area contributed by atoms with Crippen LogP contribution in [0.4, 0.5) is 0 Å². The molecule has 0 saturated heterocycles. The molecule has 23 nitrogen and oxygen atoms in total. The minimum absolute atomic E-state index is 0. The van der Waals surface area contributed by atoms with Crippen LogP contribution < -0.4 is 6.15 Å². The highest BCUT2D eigenvalue weighted by molar-refractivity contribution is 7.47. The molecule has 72 heavy (non-hydrogen) atoms. The van der Waals surface area contributed by atoms with Gasteiger partial charge in [0.2, 0.25) is 0 Å². The molecule has 0 amide bonds. The molecule has 0 radical (unpaired) electrons. The molecule has 0 spiro atoms. The summed E-state index contributed by atoms with van der Waals surface area (Å²) in [5, 5.41) is 21.9. The van der Waals surface area contributed by atoms with Gasteiger partial charge in [-0.3, -0.25) is 32.2 Å². The van der Waals surface area contributed by atoms with Crippen molar-refractivity contribution in [3.05, 3.63) is 24.3 Å². The van der Waals surface area contributed by atoms with Gasteiger partial charge < -0.3 is 60.1 Å². The lowest BCUT2D eigenvalue weighted by Gasteiger charge is -2.45. The zero-order valence-corrected chi connectivity index (χ0v) is 46.0. The maximum Gasteiger partial charge on any atom is 0.472 e. The Kier molecular flexibility index (Phi) is 39.3. The first kappa shape index (κ1) is 70.7. The van der Waals surface area contributed by atoms with Gasteiger partial charge in [-0.1, -0.05) is 141 Å². The van der Waals surface area contributed by atoms with E-state index in [4.69, 9.17) is 18.5 Å². The monoisotopic (exact) mass is 1120 g/mol. The maximum atomic E-state index is 13.3. The number of ether oxygens (including phenoxy) is 2. The summed E-state index contributed by atoms with van der Waals surface area (Å²) < 4.78 is 82.2. The van der Waals surface area contributed by atoms with E-state index in [0.29, 0.717) is 19.3 Å². The molecule has 0 aromatic heterocycles. The van der Waals surface area contributed by atoms with Crippen molar-refractivity contribution in [1.82, 2.24) is 6.15 Å². The zero-order valence-electron chi connectivity index (χ0n) is 42.4. The van der Waals surface area contributed by atoms with E-state index < -0.39 is 99.2 Å². The second kappa shape index (κ2) is 40.0. The number of carbonyl (C=O) groups is 2. The molecule has 0 bridgehead atoms. The molecule has 0 aromatic carbocycles. The molecule has 1 aliphatic carbocycles. The highest BCUT2D eigenvalue weighted by Crippen LogP contribution is 2.53. The van der Waals surface area contributed by atoms with E-state index in [9.17, 15) is 72.3 Å². The fourth-order valence-corrected chi connectivity index (χ4v) is 10.4. The van der Waals surface area contributed by atoms with Crippen molar-refractivity contribution >= 4 is 43.2 Å². The van der Waals surface area contributed by atoms with Gasteiger partial charge in [-0.05, 0) is 64.2 Å². The number of unbranched alkanes of at least 4 members (excludes halogenated alkanes) is 22. The Morgan fingerprint density at radius 1 is 0.444 bits per heavy atom. The Balaban J connectivity index is 0.0000504. The van der Waals surface area contributed by atoms with Gasteiger partial charge in [-0.2, -0.15) is 0 Å². The van der Waals surface area contributed by atoms with Crippen LogP contribution in [0, 0.1) is 0 Å². The molecule has 0 aliphatic heterocycles. The average molecular weight is 1120 g/mol. The van der Waals surface area contributed by atoms with E-state index in [1.54, 1.807) is 0 Å². The normalized spacial score (nSPS) is 21.2. The summed E-state index contributed by atoms with van der Waals surface area (Å²) in [6, 6.07) is 0. The SMILES string of the molecule is CCCCCCCC/C=C\CCCCCCCC(=O)OC[C@H](COP(=O)(O)OC1[C@H](O)[C@H](OP(=O)(O)O)C(OP(=O)(O)O)[C@H](OP(=O)(O)O)[C@H]1O)OC(=O)CCCCCCC/C=C\CCCCCCCC.N. The van der Waals surface area contributed by atoms with E-state index in [-0.39, 0.29) is 19.0 Å². The highest BCUT2D eigenvalue weighted by atomic mass is 31.2. The molecule has 12 N–H and O–H groups in total. The van der Waals surface area contributed by atoms with Crippen molar-refractivity contribution in [3.8, 4) is 0 Å². The van der Waals surface area contributed by atoms with Gasteiger partial charge in [0.15, 0.2) is 6.10 Å². The summed E-state index contributed by atoms with van der Waals surface area (Å²) in [5.74, 6) is -1.42. The predicted octanol–water partition coefficient (Wildman–Crippen LogP) is 9.35. The number of allylic oxidation sites excluding steroid dienone is 4. The van der Waals surface area contributed by atoms with Crippen LogP contribution in [0.1, 0.15) is 194 Å². The lowest BCUT2D eigenvalue weighted by atomic mass is 9.85. The van der Waals surface area contributed by atoms with Gasteiger partial charge in [0.05, 0.1) is 6.61 Å². The Bertz CT molecular complexity index is 1650. The smallest absolute Gasteiger partial charge is 0.462 e. The Labute approximate surface area is 426 Å². The number of aliphatic hydroxyl groups excluding tert-OH is 2. The first-order chi connectivity index (χ1) is 33.5. The van der Waals surface area contributed by atoms with E-state index in [1.165, 1.54) is 77.0 Å². The first-order valence-electron chi connectivity index (χ1n) is 25.4. The fourth-order valence-electron chi connectivity index (χ4n) is 7.78. The molecule has 1 fully saturated rings. The standard InChI is InChI=1S/C45H86O22P4.H3N/c1-3-5-7-9-11-13-15-17-19-21-23-25-27-29-31-33-38(46)61-35-37(63-39(47)34-32-30-28-26-24-22-20-18-16-14-12-10-8-6-4-2)36-62-71(59,60)67-42-40(48)43(64-68(50,51)52)45(66-70(56,57)58)44(41(42)49)65-69(53,54)55;/h17-20,37,40-45,48-49H,3-16,21-36H2,1-2H3,(H,59,60)(H2,50,51,52)(H2,53,54,55)(H2,56,57,58);1H3/b19-17-,20-18-;/t37-,40+,41+,42?,43-,44+,45?;/m1./s1. The Morgan fingerprint density at radius 3 is 1.15 bits per heavy atom. The average Bonchev–Trinajstić information content (AvgIpc) is 3.27. The number of hydrogen-bond donors (Lipinski definition) is 10. The Morgan fingerprint density at radius 2 is 0.778 bits per heavy atom. The molecule has 0 heterocycles. The van der Waals surface area contributed by atoms with Crippen LogP contribution in [0.2, 0.25) is 0 Å². The van der Waals surface area contributed by atoms with E-state index in [2.05, 4.69) is 51.7 Å². The molecule has 426 valence electrons. The molecule has 1 aliphatic rings. The number of rotatable bonds is 44. The van der Waals surface area contributed by atoms with Crippen molar-refractivity contribution in [1.29, 1.82) is 0 Å². The van der Waals surface area contributed by atoms with E-state index in [1.807, 2.05) is 0 Å². The van der Waals surface area contributed by atoms with Gasteiger partial charge in [-0.25, -0.2) is 18.3 Å².